The smallest absolute Gasteiger partial charge is 0.191 e. The highest BCUT2D eigenvalue weighted by atomic mass is 127. The summed E-state index contributed by atoms with van der Waals surface area (Å²) in [7, 11) is 1.77. The molecule has 0 amide bonds. The van der Waals surface area contributed by atoms with E-state index in [2.05, 4.69) is 37.7 Å². The summed E-state index contributed by atoms with van der Waals surface area (Å²) in [5.41, 5.74) is 0. The standard InChI is InChI=1S/C13H21N7S.HI/c1-4-12-19-18-9-20(12)6-5-15-13(14-3)17-8-11-7-16-10(2)21-11;/h7,9H,4-6,8H2,1-3H3,(H2,14,15,17);1H. The molecule has 0 spiro atoms. The molecule has 2 rings (SSSR count). The fraction of sp³-hybridized carbons (Fsp3) is 0.538. The zero-order chi connectivity index (χ0) is 15.1. The highest BCUT2D eigenvalue weighted by Gasteiger charge is 2.03. The molecule has 2 aromatic heterocycles. The summed E-state index contributed by atoms with van der Waals surface area (Å²) < 4.78 is 2.05. The van der Waals surface area contributed by atoms with Gasteiger partial charge in [-0.3, -0.25) is 4.99 Å². The molecule has 0 saturated heterocycles. The summed E-state index contributed by atoms with van der Waals surface area (Å²) in [6.07, 6.45) is 4.54. The molecule has 122 valence electrons. The Bertz CT molecular complexity index is 593. The van der Waals surface area contributed by atoms with Crippen molar-refractivity contribution >= 4 is 41.3 Å². The van der Waals surface area contributed by atoms with Crippen LogP contribution in [-0.4, -0.2) is 39.3 Å². The quantitative estimate of drug-likeness (QED) is 0.409. The van der Waals surface area contributed by atoms with Gasteiger partial charge in [-0.1, -0.05) is 6.92 Å². The fourth-order valence-electron chi connectivity index (χ4n) is 1.91. The Morgan fingerprint density at radius 3 is 2.86 bits per heavy atom. The molecule has 2 N–H and O–H groups in total. The Morgan fingerprint density at radius 1 is 1.41 bits per heavy atom. The maximum Gasteiger partial charge on any atom is 0.191 e. The van der Waals surface area contributed by atoms with Crippen molar-refractivity contribution in [2.75, 3.05) is 13.6 Å². The van der Waals surface area contributed by atoms with Crippen molar-refractivity contribution in [1.29, 1.82) is 0 Å². The number of aromatic nitrogens is 4. The van der Waals surface area contributed by atoms with Crippen LogP contribution in [0.4, 0.5) is 0 Å². The van der Waals surface area contributed by atoms with Crippen LogP contribution in [-0.2, 0) is 19.5 Å². The first-order chi connectivity index (χ1) is 10.2. The minimum Gasteiger partial charge on any atom is -0.355 e. The molecular formula is C13H22IN7S. The lowest BCUT2D eigenvalue weighted by Gasteiger charge is -2.11. The summed E-state index contributed by atoms with van der Waals surface area (Å²) in [5, 5.41) is 15.6. The van der Waals surface area contributed by atoms with Crippen molar-refractivity contribution < 1.29 is 0 Å². The highest BCUT2D eigenvalue weighted by molar-refractivity contribution is 14.0. The molecule has 0 atom stereocenters. The van der Waals surface area contributed by atoms with Gasteiger partial charge in [0, 0.05) is 37.6 Å². The van der Waals surface area contributed by atoms with Crippen LogP contribution in [0.3, 0.4) is 0 Å². The third kappa shape index (κ3) is 5.52. The molecule has 0 saturated carbocycles. The van der Waals surface area contributed by atoms with Gasteiger partial charge in [-0.25, -0.2) is 4.98 Å². The SMILES string of the molecule is CCc1nncn1CCNC(=NC)NCc1cnc(C)s1.I. The molecule has 22 heavy (non-hydrogen) atoms. The van der Waals surface area contributed by atoms with Crippen molar-refractivity contribution in [2.45, 2.75) is 33.4 Å². The van der Waals surface area contributed by atoms with Crippen LogP contribution in [0.1, 0.15) is 22.6 Å². The first-order valence-corrected chi connectivity index (χ1v) is 7.77. The topological polar surface area (TPSA) is 80.0 Å². The Labute approximate surface area is 151 Å². The maximum absolute atomic E-state index is 4.24. The predicted molar refractivity (Wildman–Crippen MR) is 99.9 cm³/mol. The summed E-state index contributed by atoms with van der Waals surface area (Å²) in [6, 6.07) is 0. The Hall–Kier alpha value is -1.23. The minimum atomic E-state index is 0. The number of hydrogen-bond donors (Lipinski definition) is 2. The molecule has 0 radical (unpaired) electrons. The van der Waals surface area contributed by atoms with E-state index >= 15 is 0 Å². The largest absolute Gasteiger partial charge is 0.355 e. The molecule has 2 aromatic rings. The second-order valence-corrected chi connectivity index (χ2v) is 5.81. The molecule has 0 aliphatic heterocycles. The van der Waals surface area contributed by atoms with E-state index in [0.29, 0.717) is 0 Å². The van der Waals surface area contributed by atoms with Gasteiger partial charge in [0.05, 0.1) is 11.6 Å². The first-order valence-electron chi connectivity index (χ1n) is 6.95. The fourth-order valence-corrected chi connectivity index (χ4v) is 2.65. The molecule has 2 heterocycles. The van der Waals surface area contributed by atoms with E-state index < -0.39 is 0 Å². The van der Waals surface area contributed by atoms with Crippen molar-refractivity contribution in [2.24, 2.45) is 4.99 Å². The van der Waals surface area contributed by atoms with Crippen molar-refractivity contribution in [1.82, 2.24) is 30.4 Å². The Morgan fingerprint density at radius 2 is 2.23 bits per heavy atom. The first kappa shape index (κ1) is 18.8. The summed E-state index contributed by atoms with van der Waals surface area (Å²) >= 11 is 1.69. The molecule has 0 aliphatic carbocycles. The monoisotopic (exact) mass is 435 g/mol. The lowest BCUT2D eigenvalue weighted by Crippen LogP contribution is -2.38. The van der Waals surface area contributed by atoms with E-state index in [4.69, 9.17) is 0 Å². The highest BCUT2D eigenvalue weighted by Crippen LogP contribution is 2.10. The van der Waals surface area contributed by atoms with E-state index in [1.165, 1.54) is 4.88 Å². The number of thiazole rings is 1. The van der Waals surface area contributed by atoms with Gasteiger partial charge < -0.3 is 15.2 Å². The lowest BCUT2D eigenvalue weighted by atomic mass is 10.4. The molecule has 0 aliphatic rings. The average Bonchev–Trinajstić information content (AvgIpc) is 3.11. The van der Waals surface area contributed by atoms with Crippen LogP contribution in [0.25, 0.3) is 0 Å². The molecule has 7 nitrogen and oxygen atoms in total. The second kappa shape index (κ2) is 9.72. The lowest BCUT2D eigenvalue weighted by molar-refractivity contribution is 0.632. The van der Waals surface area contributed by atoms with Gasteiger partial charge in [0.15, 0.2) is 5.96 Å². The third-order valence-electron chi connectivity index (χ3n) is 2.98. The average molecular weight is 435 g/mol. The second-order valence-electron chi connectivity index (χ2n) is 4.49. The van der Waals surface area contributed by atoms with Crippen LogP contribution in [0.15, 0.2) is 17.5 Å². The zero-order valence-corrected chi connectivity index (χ0v) is 16.2. The zero-order valence-electron chi connectivity index (χ0n) is 13.0. The normalized spacial score (nSPS) is 11.1. The van der Waals surface area contributed by atoms with Crippen LogP contribution in [0, 0.1) is 6.92 Å². The third-order valence-corrected chi connectivity index (χ3v) is 3.89. The van der Waals surface area contributed by atoms with Crippen molar-refractivity contribution in [3.05, 3.63) is 28.2 Å². The predicted octanol–water partition coefficient (Wildman–Crippen LogP) is 1.59. The van der Waals surface area contributed by atoms with Crippen LogP contribution >= 0.6 is 35.3 Å². The molecular weight excluding hydrogens is 413 g/mol. The Kier molecular flexibility index (Phi) is 8.31. The van der Waals surface area contributed by atoms with Crippen molar-refractivity contribution in [3.8, 4) is 0 Å². The van der Waals surface area contributed by atoms with E-state index in [1.807, 2.05) is 17.7 Å². The summed E-state index contributed by atoms with van der Waals surface area (Å²) in [6.45, 7) is 6.40. The molecule has 9 heteroatoms. The maximum atomic E-state index is 4.24. The van der Waals surface area contributed by atoms with Gasteiger partial charge in [-0.2, -0.15) is 0 Å². The van der Waals surface area contributed by atoms with E-state index in [9.17, 15) is 0 Å². The number of hydrogen-bond acceptors (Lipinski definition) is 5. The van der Waals surface area contributed by atoms with E-state index in [1.54, 1.807) is 24.7 Å². The van der Waals surface area contributed by atoms with Crippen LogP contribution in [0.5, 0.6) is 0 Å². The minimum absolute atomic E-state index is 0. The summed E-state index contributed by atoms with van der Waals surface area (Å²) in [4.78, 5) is 9.64. The van der Waals surface area contributed by atoms with Gasteiger partial charge in [0.25, 0.3) is 0 Å². The molecule has 0 unspecified atom stereocenters. The number of rotatable bonds is 6. The summed E-state index contributed by atoms with van der Waals surface area (Å²) in [5.74, 6) is 1.78. The number of halogens is 1. The van der Waals surface area contributed by atoms with Gasteiger partial charge in [-0.15, -0.1) is 45.5 Å². The van der Waals surface area contributed by atoms with E-state index in [0.717, 1.165) is 42.8 Å². The molecule has 0 aromatic carbocycles. The van der Waals surface area contributed by atoms with Gasteiger partial charge in [-0.05, 0) is 6.92 Å². The number of nitrogens with zero attached hydrogens (tertiary/aromatic N) is 5. The van der Waals surface area contributed by atoms with Crippen molar-refractivity contribution in [3.63, 3.8) is 0 Å². The van der Waals surface area contributed by atoms with E-state index in [-0.39, 0.29) is 24.0 Å². The Balaban J connectivity index is 0.00000242. The number of aryl methyl sites for hydroxylation is 2. The van der Waals surface area contributed by atoms with Crippen LogP contribution in [0.2, 0.25) is 0 Å². The number of aliphatic imine (C=N–C) groups is 1. The van der Waals surface area contributed by atoms with Gasteiger partial charge in [0.2, 0.25) is 0 Å². The molecule has 0 bridgehead atoms. The number of nitrogens with one attached hydrogen (secondary N) is 2. The number of guanidine groups is 1. The van der Waals surface area contributed by atoms with Crippen LogP contribution < -0.4 is 10.6 Å². The van der Waals surface area contributed by atoms with Gasteiger partial charge >= 0.3 is 0 Å². The molecule has 0 fully saturated rings. The van der Waals surface area contributed by atoms with Gasteiger partial charge in [0.1, 0.15) is 12.2 Å².